The lowest BCUT2D eigenvalue weighted by Crippen LogP contribution is -2.25. The molecule has 1 aromatic heterocycles. The van der Waals surface area contributed by atoms with Crippen molar-refractivity contribution >= 4 is 0 Å². The normalized spacial score (nSPS) is 22.1. The molecule has 1 aromatic carbocycles. The smallest absolute Gasteiger partial charge is 0.119 e. The van der Waals surface area contributed by atoms with Crippen LogP contribution >= 0.6 is 0 Å². The molecule has 2 heterocycles. The summed E-state index contributed by atoms with van der Waals surface area (Å²) in [7, 11) is 1.68. The summed E-state index contributed by atoms with van der Waals surface area (Å²) >= 11 is 0. The number of aromatic nitrogens is 2. The molecule has 0 aliphatic carbocycles. The van der Waals surface area contributed by atoms with E-state index in [0.29, 0.717) is 6.54 Å². The van der Waals surface area contributed by atoms with Gasteiger partial charge < -0.3 is 9.84 Å². The summed E-state index contributed by atoms with van der Waals surface area (Å²) in [6, 6.07) is 10.4. The number of β-amino-alcohol motifs (C(OH)–C–C–N with tert-alkyl or cyclic N) is 1. The van der Waals surface area contributed by atoms with Gasteiger partial charge in [-0.15, -0.1) is 0 Å². The molecule has 5 heteroatoms. The summed E-state index contributed by atoms with van der Waals surface area (Å²) < 4.78 is 7.33. The van der Waals surface area contributed by atoms with Crippen LogP contribution in [0.2, 0.25) is 0 Å². The van der Waals surface area contributed by atoms with E-state index in [1.54, 1.807) is 7.11 Å². The average Bonchev–Trinajstić information content (AvgIpc) is 3.14. The number of aliphatic hydroxyl groups is 1. The third-order valence-electron chi connectivity index (χ3n) is 4.33. The van der Waals surface area contributed by atoms with Gasteiger partial charge in [0.15, 0.2) is 0 Å². The maximum Gasteiger partial charge on any atom is 0.119 e. The average molecular weight is 301 g/mol. The molecule has 2 atom stereocenters. The van der Waals surface area contributed by atoms with Gasteiger partial charge in [-0.05, 0) is 37.1 Å². The third-order valence-corrected chi connectivity index (χ3v) is 4.33. The number of hydrogen-bond acceptors (Lipinski definition) is 4. The van der Waals surface area contributed by atoms with E-state index in [0.717, 1.165) is 25.3 Å². The minimum absolute atomic E-state index is 0.213. The predicted molar refractivity (Wildman–Crippen MR) is 84.7 cm³/mol. The Hall–Kier alpha value is -1.85. The van der Waals surface area contributed by atoms with Gasteiger partial charge in [0.05, 0.1) is 18.9 Å². The molecular weight excluding hydrogens is 278 g/mol. The number of likely N-dealkylation sites (tertiary alicyclic amines) is 1. The first-order chi connectivity index (χ1) is 10.7. The topological polar surface area (TPSA) is 50.5 Å². The van der Waals surface area contributed by atoms with Gasteiger partial charge in [0.2, 0.25) is 0 Å². The molecule has 1 saturated heterocycles. The first-order valence-electron chi connectivity index (χ1n) is 7.78. The lowest BCUT2D eigenvalue weighted by Gasteiger charge is -2.25. The first-order valence-corrected chi connectivity index (χ1v) is 7.78. The van der Waals surface area contributed by atoms with E-state index in [9.17, 15) is 5.11 Å². The Balaban J connectivity index is 1.82. The molecule has 0 bridgehead atoms. The van der Waals surface area contributed by atoms with Crippen molar-refractivity contribution in [3.8, 4) is 5.75 Å². The van der Waals surface area contributed by atoms with E-state index in [4.69, 9.17) is 4.74 Å². The Labute approximate surface area is 131 Å². The molecule has 2 aromatic rings. The largest absolute Gasteiger partial charge is 0.497 e. The second-order valence-corrected chi connectivity index (χ2v) is 5.75. The second kappa shape index (κ2) is 6.50. The van der Waals surface area contributed by atoms with Crippen molar-refractivity contribution in [2.45, 2.75) is 38.6 Å². The number of methoxy groups -OCH3 is 1. The van der Waals surface area contributed by atoms with Gasteiger partial charge in [0, 0.05) is 31.9 Å². The molecule has 1 aliphatic rings. The third kappa shape index (κ3) is 3.00. The van der Waals surface area contributed by atoms with Crippen LogP contribution in [0.4, 0.5) is 0 Å². The number of nitrogens with zero attached hydrogens (tertiary/aromatic N) is 3. The molecule has 5 nitrogen and oxygen atoms in total. The van der Waals surface area contributed by atoms with Gasteiger partial charge in [-0.25, -0.2) is 0 Å². The number of rotatable bonds is 5. The SMILES string of the molecule is CCn1nccc1CN1C[C@@H](O)C[C@H]1c1cccc(OC)c1. The van der Waals surface area contributed by atoms with Crippen molar-refractivity contribution in [3.63, 3.8) is 0 Å². The molecule has 0 amide bonds. The Morgan fingerprint density at radius 3 is 3.00 bits per heavy atom. The zero-order chi connectivity index (χ0) is 15.5. The Morgan fingerprint density at radius 1 is 1.36 bits per heavy atom. The van der Waals surface area contributed by atoms with Gasteiger partial charge in [-0.3, -0.25) is 9.58 Å². The fourth-order valence-corrected chi connectivity index (χ4v) is 3.24. The Kier molecular flexibility index (Phi) is 4.45. The standard InChI is InChI=1S/C17H23N3O2/c1-3-20-14(7-8-18-20)11-19-12-15(21)10-17(19)13-5-4-6-16(9-13)22-2/h4-9,15,17,21H,3,10-12H2,1-2H3/t15-,17-/m0/s1. The quantitative estimate of drug-likeness (QED) is 0.920. The Bertz CT molecular complexity index is 626. The first kappa shape index (κ1) is 15.1. The van der Waals surface area contributed by atoms with Crippen LogP contribution in [0, 0.1) is 0 Å². The number of hydrogen-bond donors (Lipinski definition) is 1. The zero-order valence-corrected chi connectivity index (χ0v) is 13.1. The minimum atomic E-state index is -0.283. The maximum absolute atomic E-state index is 10.1. The number of ether oxygens (including phenoxy) is 1. The van der Waals surface area contributed by atoms with E-state index >= 15 is 0 Å². The van der Waals surface area contributed by atoms with E-state index in [-0.39, 0.29) is 12.1 Å². The van der Waals surface area contributed by atoms with E-state index < -0.39 is 0 Å². The second-order valence-electron chi connectivity index (χ2n) is 5.75. The van der Waals surface area contributed by atoms with Crippen molar-refractivity contribution in [2.75, 3.05) is 13.7 Å². The predicted octanol–water partition coefficient (Wildman–Crippen LogP) is 2.22. The minimum Gasteiger partial charge on any atom is -0.497 e. The summed E-state index contributed by atoms with van der Waals surface area (Å²) in [5, 5.41) is 14.4. The van der Waals surface area contributed by atoms with Crippen LogP contribution in [0.5, 0.6) is 5.75 Å². The number of benzene rings is 1. The monoisotopic (exact) mass is 301 g/mol. The van der Waals surface area contributed by atoms with Gasteiger partial charge in [-0.2, -0.15) is 5.10 Å². The molecule has 1 fully saturated rings. The number of aliphatic hydroxyl groups excluding tert-OH is 1. The molecule has 0 unspecified atom stereocenters. The van der Waals surface area contributed by atoms with Crippen LogP contribution in [0.3, 0.4) is 0 Å². The van der Waals surface area contributed by atoms with Crippen LogP contribution in [0.15, 0.2) is 36.5 Å². The van der Waals surface area contributed by atoms with Crippen LogP contribution in [0.1, 0.15) is 30.6 Å². The zero-order valence-electron chi connectivity index (χ0n) is 13.1. The molecule has 118 valence electrons. The molecule has 1 aliphatic heterocycles. The van der Waals surface area contributed by atoms with Crippen molar-refractivity contribution in [1.82, 2.24) is 14.7 Å². The van der Waals surface area contributed by atoms with Crippen molar-refractivity contribution < 1.29 is 9.84 Å². The van der Waals surface area contributed by atoms with Gasteiger partial charge in [0.25, 0.3) is 0 Å². The molecule has 1 N–H and O–H groups in total. The molecule has 22 heavy (non-hydrogen) atoms. The fourth-order valence-electron chi connectivity index (χ4n) is 3.24. The molecule has 0 radical (unpaired) electrons. The summed E-state index contributed by atoms with van der Waals surface area (Å²) in [6.07, 6.45) is 2.31. The Morgan fingerprint density at radius 2 is 2.23 bits per heavy atom. The summed E-state index contributed by atoms with van der Waals surface area (Å²) in [4.78, 5) is 2.32. The summed E-state index contributed by atoms with van der Waals surface area (Å²) in [5.74, 6) is 0.859. The van der Waals surface area contributed by atoms with Crippen molar-refractivity contribution in [2.24, 2.45) is 0 Å². The van der Waals surface area contributed by atoms with Gasteiger partial charge >= 0.3 is 0 Å². The molecule has 0 spiro atoms. The maximum atomic E-state index is 10.1. The lowest BCUT2D eigenvalue weighted by atomic mass is 10.0. The molecule has 0 saturated carbocycles. The summed E-state index contributed by atoms with van der Waals surface area (Å²) in [5.41, 5.74) is 2.38. The van der Waals surface area contributed by atoms with Crippen LogP contribution < -0.4 is 4.74 Å². The highest BCUT2D eigenvalue weighted by Crippen LogP contribution is 2.34. The van der Waals surface area contributed by atoms with E-state index in [2.05, 4.69) is 35.1 Å². The van der Waals surface area contributed by atoms with Crippen molar-refractivity contribution in [1.29, 1.82) is 0 Å². The van der Waals surface area contributed by atoms with Gasteiger partial charge in [0.1, 0.15) is 5.75 Å². The number of aryl methyl sites for hydroxylation is 1. The fraction of sp³-hybridized carbons (Fsp3) is 0.471. The highest BCUT2D eigenvalue weighted by atomic mass is 16.5. The highest BCUT2D eigenvalue weighted by Gasteiger charge is 2.32. The van der Waals surface area contributed by atoms with Crippen LogP contribution in [0.25, 0.3) is 0 Å². The van der Waals surface area contributed by atoms with Gasteiger partial charge in [-0.1, -0.05) is 12.1 Å². The lowest BCUT2D eigenvalue weighted by molar-refractivity contribution is 0.171. The molecular formula is C17H23N3O2. The van der Waals surface area contributed by atoms with E-state index in [1.165, 1.54) is 11.3 Å². The molecule has 3 rings (SSSR count). The van der Waals surface area contributed by atoms with Crippen molar-refractivity contribution in [3.05, 3.63) is 47.8 Å². The van der Waals surface area contributed by atoms with Crippen LogP contribution in [-0.2, 0) is 13.1 Å². The summed E-state index contributed by atoms with van der Waals surface area (Å²) in [6.45, 7) is 4.45. The highest BCUT2D eigenvalue weighted by molar-refractivity contribution is 5.31. The van der Waals surface area contributed by atoms with Crippen LogP contribution in [-0.4, -0.2) is 39.5 Å². The van der Waals surface area contributed by atoms with E-state index in [1.807, 2.05) is 23.0 Å².